The molecule has 31 heavy (non-hydrogen) atoms. The number of nitrogens with one attached hydrogen (secondary N) is 2. The molecule has 2 N–H and O–H groups in total. The van der Waals surface area contributed by atoms with Crippen molar-refractivity contribution in [3.05, 3.63) is 93.7 Å². The van der Waals surface area contributed by atoms with Gasteiger partial charge in [0.15, 0.2) is 0 Å². The van der Waals surface area contributed by atoms with Crippen molar-refractivity contribution in [2.75, 3.05) is 5.32 Å². The second-order valence-corrected chi connectivity index (χ2v) is 7.07. The molecule has 2 amide bonds. The van der Waals surface area contributed by atoms with Crippen LogP contribution in [0.1, 0.15) is 11.1 Å². The summed E-state index contributed by atoms with van der Waals surface area (Å²) in [6.45, 7) is 0.0657. The van der Waals surface area contributed by atoms with Gasteiger partial charge in [-0.15, -0.1) is 0 Å². The zero-order chi connectivity index (χ0) is 22.2. The molecule has 0 saturated heterocycles. The number of carbonyl (C=O) groups excluding carboxylic acids is 2. The number of benzene rings is 3. The molecule has 3 aromatic rings. The summed E-state index contributed by atoms with van der Waals surface area (Å²) in [6, 6.07) is 17.6. The minimum Gasteiger partial charge on any atom is -0.489 e. The summed E-state index contributed by atoms with van der Waals surface area (Å²) < 4.78 is 19.3. The van der Waals surface area contributed by atoms with Crippen LogP contribution in [0.5, 0.6) is 5.75 Å². The summed E-state index contributed by atoms with van der Waals surface area (Å²) >= 11 is 11.8. The summed E-state index contributed by atoms with van der Waals surface area (Å²) in [5, 5.41) is 6.71. The molecular formula is C22H16Cl2FN3O3. The number of rotatable bonds is 6. The first-order chi connectivity index (χ1) is 14.9. The topological polar surface area (TPSA) is 79.8 Å². The van der Waals surface area contributed by atoms with E-state index in [1.54, 1.807) is 48.5 Å². The van der Waals surface area contributed by atoms with E-state index in [9.17, 15) is 14.0 Å². The van der Waals surface area contributed by atoms with E-state index in [2.05, 4.69) is 15.8 Å². The Morgan fingerprint density at radius 1 is 1.00 bits per heavy atom. The number of anilines is 1. The van der Waals surface area contributed by atoms with Gasteiger partial charge in [0.25, 0.3) is 0 Å². The Morgan fingerprint density at radius 3 is 2.61 bits per heavy atom. The van der Waals surface area contributed by atoms with Crippen LogP contribution in [0.15, 0.2) is 71.8 Å². The fourth-order valence-electron chi connectivity index (χ4n) is 2.45. The number of hydrogen-bond acceptors (Lipinski definition) is 4. The van der Waals surface area contributed by atoms with Crippen LogP contribution in [0.25, 0.3) is 0 Å². The van der Waals surface area contributed by atoms with E-state index in [4.69, 9.17) is 27.9 Å². The molecule has 158 valence electrons. The van der Waals surface area contributed by atoms with Gasteiger partial charge in [-0.3, -0.25) is 9.59 Å². The van der Waals surface area contributed by atoms with Gasteiger partial charge < -0.3 is 10.1 Å². The Bertz CT molecular complexity index is 1140. The molecule has 0 heterocycles. The van der Waals surface area contributed by atoms with E-state index in [1.165, 1.54) is 24.4 Å². The number of hydrazone groups is 1. The van der Waals surface area contributed by atoms with Crippen LogP contribution in [-0.4, -0.2) is 18.0 Å². The molecule has 0 fully saturated rings. The summed E-state index contributed by atoms with van der Waals surface area (Å²) in [5.41, 5.74) is 3.36. The Balaban J connectivity index is 1.55. The van der Waals surface area contributed by atoms with Crippen molar-refractivity contribution in [2.24, 2.45) is 5.10 Å². The molecule has 0 unspecified atom stereocenters. The van der Waals surface area contributed by atoms with E-state index in [0.29, 0.717) is 21.9 Å². The summed E-state index contributed by atoms with van der Waals surface area (Å²) in [5.74, 6) is -1.80. The molecule has 0 atom stereocenters. The second-order valence-electron chi connectivity index (χ2n) is 6.23. The lowest BCUT2D eigenvalue weighted by Crippen LogP contribution is -2.32. The predicted octanol–water partition coefficient (Wildman–Crippen LogP) is 4.80. The summed E-state index contributed by atoms with van der Waals surface area (Å²) in [6.07, 6.45) is 1.34. The van der Waals surface area contributed by atoms with E-state index >= 15 is 0 Å². The molecule has 0 aliphatic heterocycles. The number of carbonyl (C=O) groups is 2. The highest BCUT2D eigenvalue weighted by Gasteiger charge is 2.14. The van der Waals surface area contributed by atoms with Crippen molar-refractivity contribution in [1.29, 1.82) is 0 Å². The zero-order valence-electron chi connectivity index (χ0n) is 15.9. The number of ether oxygens (including phenoxy) is 1. The minimum atomic E-state index is -0.987. The Hall–Kier alpha value is -3.42. The molecule has 0 spiro atoms. The normalized spacial score (nSPS) is 10.7. The van der Waals surface area contributed by atoms with E-state index < -0.39 is 11.8 Å². The largest absolute Gasteiger partial charge is 0.489 e. The van der Waals surface area contributed by atoms with Gasteiger partial charge >= 0.3 is 11.8 Å². The lowest BCUT2D eigenvalue weighted by atomic mass is 10.2. The Labute approximate surface area is 187 Å². The quantitative estimate of drug-likeness (QED) is 0.315. The van der Waals surface area contributed by atoms with Gasteiger partial charge in [-0.25, -0.2) is 9.82 Å². The maximum absolute atomic E-state index is 13.7. The maximum atomic E-state index is 13.7. The van der Waals surface area contributed by atoms with Gasteiger partial charge in [-0.2, -0.15) is 5.10 Å². The van der Waals surface area contributed by atoms with Gasteiger partial charge in [0.2, 0.25) is 0 Å². The molecule has 3 aromatic carbocycles. The van der Waals surface area contributed by atoms with Crippen LogP contribution in [0.2, 0.25) is 10.0 Å². The van der Waals surface area contributed by atoms with E-state index in [0.717, 1.165) is 0 Å². The fourth-order valence-corrected chi connectivity index (χ4v) is 2.79. The van der Waals surface area contributed by atoms with Crippen molar-refractivity contribution < 1.29 is 18.7 Å². The highest BCUT2D eigenvalue weighted by molar-refractivity contribution is 6.42. The lowest BCUT2D eigenvalue weighted by molar-refractivity contribution is -0.136. The predicted molar refractivity (Wildman–Crippen MR) is 118 cm³/mol. The average molecular weight is 460 g/mol. The van der Waals surface area contributed by atoms with Crippen LogP contribution in [0.3, 0.4) is 0 Å². The highest BCUT2D eigenvalue weighted by atomic mass is 35.5. The molecule has 3 rings (SSSR count). The van der Waals surface area contributed by atoms with Crippen molar-refractivity contribution in [2.45, 2.75) is 6.61 Å². The molecule has 0 bridgehead atoms. The average Bonchev–Trinajstić information content (AvgIpc) is 2.76. The molecule has 0 radical (unpaired) electrons. The number of halogens is 3. The fraction of sp³-hybridized carbons (Fsp3) is 0.0455. The van der Waals surface area contributed by atoms with Gasteiger partial charge in [0.1, 0.15) is 18.2 Å². The van der Waals surface area contributed by atoms with Crippen LogP contribution < -0.4 is 15.5 Å². The van der Waals surface area contributed by atoms with Crippen molar-refractivity contribution in [3.8, 4) is 5.75 Å². The van der Waals surface area contributed by atoms with E-state index in [-0.39, 0.29) is 23.1 Å². The van der Waals surface area contributed by atoms with Crippen molar-refractivity contribution in [3.63, 3.8) is 0 Å². The van der Waals surface area contributed by atoms with Gasteiger partial charge in [-0.1, -0.05) is 53.5 Å². The van der Waals surface area contributed by atoms with Gasteiger partial charge in [0, 0.05) is 10.6 Å². The number of nitrogens with zero attached hydrogens (tertiary/aromatic N) is 1. The van der Waals surface area contributed by atoms with Crippen molar-refractivity contribution >= 4 is 46.9 Å². The smallest absolute Gasteiger partial charge is 0.329 e. The molecule has 6 nitrogen and oxygen atoms in total. The third kappa shape index (κ3) is 6.53. The van der Waals surface area contributed by atoms with Crippen LogP contribution in [0.4, 0.5) is 10.1 Å². The molecule has 0 saturated carbocycles. The molecule has 0 aromatic heterocycles. The monoisotopic (exact) mass is 459 g/mol. The van der Waals surface area contributed by atoms with E-state index in [1.807, 2.05) is 0 Å². The first-order valence-corrected chi connectivity index (χ1v) is 9.73. The number of hydrogen-bond donors (Lipinski definition) is 2. The first kappa shape index (κ1) is 22.3. The maximum Gasteiger partial charge on any atom is 0.329 e. The summed E-state index contributed by atoms with van der Waals surface area (Å²) in [4.78, 5) is 23.9. The minimum absolute atomic E-state index is 0.0657. The van der Waals surface area contributed by atoms with Gasteiger partial charge in [0.05, 0.1) is 16.9 Å². The Morgan fingerprint density at radius 2 is 1.81 bits per heavy atom. The van der Waals surface area contributed by atoms with Crippen LogP contribution in [-0.2, 0) is 16.2 Å². The Kier molecular flexibility index (Phi) is 7.59. The van der Waals surface area contributed by atoms with Crippen LogP contribution >= 0.6 is 23.2 Å². The zero-order valence-corrected chi connectivity index (χ0v) is 17.5. The highest BCUT2D eigenvalue weighted by Crippen LogP contribution is 2.25. The number of amides is 2. The second kappa shape index (κ2) is 10.6. The first-order valence-electron chi connectivity index (χ1n) is 8.98. The molecule has 0 aliphatic carbocycles. The molecular weight excluding hydrogens is 444 g/mol. The standard InChI is InChI=1S/C22H16Cl2FN3O3/c23-16-8-9-18(24)20(11-16)27-21(29)22(30)28-26-12-14-4-3-6-17(10-14)31-13-15-5-1-2-7-19(15)25/h1-12H,13H2,(H,27,29)(H,28,30). The lowest BCUT2D eigenvalue weighted by Gasteiger charge is -2.08. The van der Waals surface area contributed by atoms with Gasteiger partial charge in [-0.05, 0) is 42.0 Å². The van der Waals surface area contributed by atoms with Crippen LogP contribution in [0, 0.1) is 5.82 Å². The SMILES string of the molecule is O=C(NN=Cc1cccc(OCc2ccccc2F)c1)C(=O)Nc1cc(Cl)ccc1Cl. The summed E-state index contributed by atoms with van der Waals surface area (Å²) in [7, 11) is 0. The third-order valence-corrected chi connectivity index (χ3v) is 4.54. The molecule has 0 aliphatic rings. The third-order valence-electron chi connectivity index (χ3n) is 3.97. The van der Waals surface area contributed by atoms with Crippen molar-refractivity contribution in [1.82, 2.24) is 5.43 Å². The molecule has 9 heteroatoms.